The summed E-state index contributed by atoms with van der Waals surface area (Å²) in [6, 6.07) is 7.60. The zero-order chi connectivity index (χ0) is 13.8. The fourth-order valence-electron chi connectivity index (χ4n) is 2.47. The molecule has 2 rings (SSSR count). The Hall–Kier alpha value is -1.57. The third-order valence-electron chi connectivity index (χ3n) is 3.81. The van der Waals surface area contributed by atoms with Crippen molar-refractivity contribution >= 4 is 0 Å². The van der Waals surface area contributed by atoms with Gasteiger partial charge in [-0.05, 0) is 37.1 Å². The number of β-amino-alcohol motifs (C(OH)–C–C–N with tert-alkyl or cyclic N) is 1. The Kier molecular flexibility index (Phi) is 4.41. The molecule has 1 fully saturated rings. The van der Waals surface area contributed by atoms with Gasteiger partial charge in [-0.3, -0.25) is 4.90 Å². The normalized spacial score (nSPS) is 23.9. The minimum Gasteiger partial charge on any atom is -0.496 e. The molecule has 1 heterocycles. The van der Waals surface area contributed by atoms with Gasteiger partial charge in [0.1, 0.15) is 5.75 Å². The highest BCUT2D eigenvalue weighted by molar-refractivity contribution is 5.42. The standard InChI is InChI=1S/C15H20N2O2/c1-11-5-6-17(10-14(11)18)9-13-7-12(8-16)3-4-15(13)19-2/h3-4,7,11,14,18H,5-6,9-10H2,1-2H3. The maximum absolute atomic E-state index is 9.93. The average molecular weight is 260 g/mol. The second-order valence-corrected chi connectivity index (χ2v) is 5.21. The number of aliphatic hydroxyl groups excluding tert-OH is 1. The zero-order valence-electron chi connectivity index (χ0n) is 11.5. The van der Waals surface area contributed by atoms with Crippen molar-refractivity contribution in [2.24, 2.45) is 5.92 Å². The van der Waals surface area contributed by atoms with Gasteiger partial charge in [0, 0.05) is 18.7 Å². The zero-order valence-corrected chi connectivity index (χ0v) is 11.5. The molecule has 1 aliphatic heterocycles. The number of hydrogen-bond donors (Lipinski definition) is 1. The van der Waals surface area contributed by atoms with Crippen LogP contribution in [0.5, 0.6) is 5.75 Å². The molecule has 1 saturated heterocycles. The summed E-state index contributed by atoms with van der Waals surface area (Å²) >= 11 is 0. The lowest BCUT2D eigenvalue weighted by Gasteiger charge is -2.34. The van der Waals surface area contributed by atoms with E-state index in [2.05, 4.69) is 17.9 Å². The van der Waals surface area contributed by atoms with Crippen molar-refractivity contribution in [1.82, 2.24) is 4.90 Å². The van der Waals surface area contributed by atoms with Gasteiger partial charge in [-0.2, -0.15) is 5.26 Å². The van der Waals surface area contributed by atoms with Crippen LogP contribution in [-0.4, -0.2) is 36.3 Å². The molecule has 1 aromatic rings. The minimum atomic E-state index is -0.265. The van der Waals surface area contributed by atoms with Crippen molar-refractivity contribution < 1.29 is 9.84 Å². The van der Waals surface area contributed by atoms with Crippen LogP contribution in [0.15, 0.2) is 18.2 Å². The smallest absolute Gasteiger partial charge is 0.123 e. The van der Waals surface area contributed by atoms with E-state index in [9.17, 15) is 5.11 Å². The van der Waals surface area contributed by atoms with Crippen molar-refractivity contribution in [2.45, 2.75) is 26.0 Å². The molecular formula is C15H20N2O2. The quantitative estimate of drug-likeness (QED) is 0.900. The van der Waals surface area contributed by atoms with Gasteiger partial charge in [-0.15, -0.1) is 0 Å². The minimum absolute atomic E-state index is 0.265. The first-order valence-electron chi connectivity index (χ1n) is 6.61. The summed E-state index contributed by atoms with van der Waals surface area (Å²) in [6.45, 7) is 4.45. The fraction of sp³-hybridized carbons (Fsp3) is 0.533. The number of benzene rings is 1. The van der Waals surface area contributed by atoms with Crippen LogP contribution in [0.4, 0.5) is 0 Å². The second-order valence-electron chi connectivity index (χ2n) is 5.21. The van der Waals surface area contributed by atoms with Crippen LogP contribution in [-0.2, 0) is 6.54 Å². The van der Waals surface area contributed by atoms with E-state index in [1.807, 2.05) is 12.1 Å². The topological polar surface area (TPSA) is 56.5 Å². The highest BCUT2D eigenvalue weighted by atomic mass is 16.5. The number of rotatable bonds is 3. The molecular weight excluding hydrogens is 240 g/mol. The van der Waals surface area contributed by atoms with Gasteiger partial charge >= 0.3 is 0 Å². The van der Waals surface area contributed by atoms with Gasteiger partial charge in [-0.25, -0.2) is 0 Å². The van der Waals surface area contributed by atoms with Gasteiger partial charge in [0.2, 0.25) is 0 Å². The van der Waals surface area contributed by atoms with Crippen LogP contribution in [0.1, 0.15) is 24.5 Å². The van der Waals surface area contributed by atoms with Gasteiger partial charge < -0.3 is 9.84 Å². The Morgan fingerprint density at radius 3 is 2.95 bits per heavy atom. The Labute approximate surface area is 114 Å². The number of nitrogens with zero attached hydrogens (tertiary/aromatic N) is 2. The molecule has 4 nitrogen and oxygen atoms in total. The molecule has 1 aromatic carbocycles. The van der Waals surface area contributed by atoms with Crippen LogP contribution in [0.2, 0.25) is 0 Å². The maximum Gasteiger partial charge on any atom is 0.123 e. The summed E-state index contributed by atoms with van der Waals surface area (Å²) in [4.78, 5) is 2.21. The molecule has 0 amide bonds. The predicted molar refractivity (Wildman–Crippen MR) is 72.8 cm³/mol. The van der Waals surface area contributed by atoms with Crippen molar-refractivity contribution in [3.8, 4) is 11.8 Å². The molecule has 0 radical (unpaired) electrons. The molecule has 102 valence electrons. The Morgan fingerprint density at radius 2 is 2.32 bits per heavy atom. The van der Waals surface area contributed by atoms with Crippen LogP contribution < -0.4 is 4.74 Å². The molecule has 2 unspecified atom stereocenters. The number of likely N-dealkylation sites (tertiary alicyclic amines) is 1. The van der Waals surface area contributed by atoms with E-state index in [0.717, 1.165) is 24.3 Å². The fourth-order valence-corrected chi connectivity index (χ4v) is 2.47. The average Bonchev–Trinajstić information content (AvgIpc) is 2.43. The summed E-state index contributed by atoms with van der Waals surface area (Å²) in [5, 5.41) is 18.9. The molecule has 0 saturated carbocycles. The van der Waals surface area contributed by atoms with Gasteiger partial charge in [-0.1, -0.05) is 6.92 Å². The number of ether oxygens (including phenoxy) is 1. The van der Waals surface area contributed by atoms with Crippen LogP contribution in [0, 0.1) is 17.2 Å². The lowest BCUT2D eigenvalue weighted by molar-refractivity contribution is 0.0256. The number of nitriles is 1. The predicted octanol–water partition coefficient (Wildman–Crippen LogP) is 1.77. The molecule has 19 heavy (non-hydrogen) atoms. The van der Waals surface area contributed by atoms with Crippen molar-refractivity contribution in [3.05, 3.63) is 29.3 Å². The van der Waals surface area contributed by atoms with E-state index >= 15 is 0 Å². The molecule has 0 aromatic heterocycles. The number of piperidine rings is 1. The van der Waals surface area contributed by atoms with Crippen molar-refractivity contribution in [2.75, 3.05) is 20.2 Å². The lowest BCUT2D eigenvalue weighted by Crippen LogP contribution is -2.42. The van der Waals surface area contributed by atoms with Gasteiger partial charge in [0.25, 0.3) is 0 Å². The van der Waals surface area contributed by atoms with E-state index in [1.54, 1.807) is 13.2 Å². The monoisotopic (exact) mass is 260 g/mol. The van der Waals surface area contributed by atoms with Crippen molar-refractivity contribution in [1.29, 1.82) is 5.26 Å². The molecule has 0 spiro atoms. The van der Waals surface area contributed by atoms with Gasteiger partial charge in [0.05, 0.1) is 24.8 Å². The van der Waals surface area contributed by atoms with Crippen LogP contribution in [0.25, 0.3) is 0 Å². The first kappa shape index (κ1) is 13.9. The third kappa shape index (κ3) is 3.25. The molecule has 2 atom stereocenters. The van der Waals surface area contributed by atoms with E-state index in [4.69, 9.17) is 10.00 Å². The summed E-state index contributed by atoms with van der Waals surface area (Å²) < 4.78 is 5.34. The maximum atomic E-state index is 9.93. The van der Waals surface area contributed by atoms with E-state index in [-0.39, 0.29) is 6.10 Å². The molecule has 0 aliphatic carbocycles. The van der Waals surface area contributed by atoms with E-state index in [0.29, 0.717) is 24.6 Å². The molecule has 0 bridgehead atoms. The molecule has 1 aliphatic rings. The highest BCUT2D eigenvalue weighted by Gasteiger charge is 2.24. The van der Waals surface area contributed by atoms with Crippen LogP contribution in [0.3, 0.4) is 0 Å². The summed E-state index contributed by atoms with van der Waals surface area (Å²) in [5.41, 5.74) is 1.64. The Morgan fingerprint density at radius 1 is 1.53 bits per heavy atom. The SMILES string of the molecule is COc1ccc(C#N)cc1CN1CCC(C)C(O)C1. The molecule has 1 N–H and O–H groups in total. The largest absolute Gasteiger partial charge is 0.496 e. The van der Waals surface area contributed by atoms with Crippen molar-refractivity contribution in [3.63, 3.8) is 0 Å². The summed E-state index contributed by atoms with van der Waals surface area (Å²) in [7, 11) is 1.64. The summed E-state index contributed by atoms with van der Waals surface area (Å²) in [5.74, 6) is 1.16. The number of methoxy groups -OCH3 is 1. The first-order chi connectivity index (χ1) is 9.13. The van der Waals surface area contributed by atoms with Gasteiger partial charge in [0.15, 0.2) is 0 Å². The molecule has 4 heteroatoms. The lowest BCUT2D eigenvalue weighted by atomic mass is 9.95. The van der Waals surface area contributed by atoms with E-state index < -0.39 is 0 Å². The second kappa shape index (κ2) is 6.05. The Balaban J connectivity index is 2.12. The summed E-state index contributed by atoms with van der Waals surface area (Å²) in [6.07, 6.45) is 0.736. The van der Waals surface area contributed by atoms with Crippen LogP contribution >= 0.6 is 0 Å². The Bertz CT molecular complexity index is 482. The van der Waals surface area contributed by atoms with E-state index in [1.165, 1.54) is 0 Å². The number of aliphatic hydroxyl groups is 1. The first-order valence-corrected chi connectivity index (χ1v) is 6.61. The number of hydrogen-bond acceptors (Lipinski definition) is 4. The highest BCUT2D eigenvalue weighted by Crippen LogP contribution is 2.24. The third-order valence-corrected chi connectivity index (χ3v) is 3.81.